The molecule has 0 unspecified atom stereocenters. The zero-order chi connectivity index (χ0) is 16.2. The number of nitrogens with two attached hydrogens (primary N) is 1. The number of nitrogens with zero attached hydrogens (tertiary/aromatic N) is 1. The maximum atomic E-state index is 12.8. The second-order valence-electron chi connectivity index (χ2n) is 5.13. The van der Waals surface area contributed by atoms with Gasteiger partial charge < -0.3 is 10.8 Å². The summed E-state index contributed by atoms with van der Waals surface area (Å²) in [7, 11) is -3.61. The fraction of sp³-hybridized carbons (Fsp3) is 0.500. The van der Waals surface area contributed by atoms with Crippen molar-refractivity contribution in [2.75, 3.05) is 13.2 Å². The number of aryl methyl sites for hydroxylation is 1. The summed E-state index contributed by atoms with van der Waals surface area (Å²) in [5.41, 5.74) is 6.81. The van der Waals surface area contributed by atoms with Crippen molar-refractivity contribution in [3.63, 3.8) is 0 Å². The van der Waals surface area contributed by atoms with Gasteiger partial charge in [-0.25, -0.2) is 8.42 Å². The van der Waals surface area contributed by atoms with Crippen molar-refractivity contribution in [2.24, 2.45) is 5.73 Å². The fourth-order valence-corrected chi connectivity index (χ4v) is 4.11. The van der Waals surface area contributed by atoms with Crippen molar-refractivity contribution >= 4 is 27.2 Å². The first kappa shape index (κ1) is 18.0. The summed E-state index contributed by atoms with van der Waals surface area (Å²) < 4.78 is 26.9. The molecule has 0 aliphatic carbocycles. The number of sulfonamides is 1. The molecular weight excluding hydrogens is 308 g/mol. The molecule has 0 fully saturated rings. The molecule has 0 saturated carbocycles. The van der Waals surface area contributed by atoms with E-state index in [1.165, 1.54) is 10.4 Å². The van der Waals surface area contributed by atoms with Crippen LogP contribution in [0.25, 0.3) is 0 Å². The predicted octanol–water partition coefficient (Wildman–Crippen LogP) is 1.41. The molecule has 1 aromatic carbocycles. The number of aliphatic hydroxyl groups is 1. The van der Waals surface area contributed by atoms with Crippen LogP contribution in [0.3, 0.4) is 0 Å². The van der Waals surface area contributed by atoms with Gasteiger partial charge >= 0.3 is 0 Å². The summed E-state index contributed by atoms with van der Waals surface area (Å²) >= 11 is 4.90. The quantitative estimate of drug-likeness (QED) is 0.739. The Bertz CT molecular complexity index is 613. The molecule has 0 spiro atoms. The number of hydrogen-bond donors (Lipinski definition) is 2. The van der Waals surface area contributed by atoms with Gasteiger partial charge in [-0.05, 0) is 44.9 Å². The van der Waals surface area contributed by atoms with E-state index in [2.05, 4.69) is 0 Å². The first-order valence-electron chi connectivity index (χ1n) is 6.75. The first-order valence-corrected chi connectivity index (χ1v) is 8.59. The van der Waals surface area contributed by atoms with Crippen molar-refractivity contribution in [1.82, 2.24) is 4.31 Å². The third-order valence-corrected chi connectivity index (χ3v) is 5.63. The van der Waals surface area contributed by atoms with Gasteiger partial charge in [0.1, 0.15) is 4.99 Å². The largest absolute Gasteiger partial charge is 0.396 e. The van der Waals surface area contributed by atoms with Crippen LogP contribution in [0.5, 0.6) is 0 Å². The minimum atomic E-state index is -3.61. The summed E-state index contributed by atoms with van der Waals surface area (Å²) in [6.07, 6.45) is 0.404. The predicted molar refractivity (Wildman–Crippen MR) is 87.8 cm³/mol. The van der Waals surface area contributed by atoms with E-state index < -0.39 is 10.0 Å². The van der Waals surface area contributed by atoms with Gasteiger partial charge in [-0.15, -0.1) is 0 Å². The van der Waals surface area contributed by atoms with E-state index in [0.29, 0.717) is 17.5 Å². The molecule has 1 aromatic rings. The standard InChI is InChI=1S/C14H22N2O3S2/c1-10(2)16(7-4-8-17)21(18,19)13-6-5-12(14(15)20)9-11(13)3/h5-6,9-10,17H,4,7-8H2,1-3H3,(H2,15,20). The van der Waals surface area contributed by atoms with Crippen molar-refractivity contribution in [3.8, 4) is 0 Å². The van der Waals surface area contributed by atoms with E-state index in [-0.39, 0.29) is 29.1 Å². The molecule has 0 aliphatic rings. The molecule has 0 bridgehead atoms. The molecule has 0 atom stereocenters. The van der Waals surface area contributed by atoms with Crippen LogP contribution in [-0.2, 0) is 10.0 Å². The van der Waals surface area contributed by atoms with Crippen LogP contribution in [-0.4, -0.2) is 42.0 Å². The van der Waals surface area contributed by atoms with E-state index >= 15 is 0 Å². The molecule has 118 valence electrons. The molecule has 3 N–H and O–H groups in total. The van der Waals surface area contributed by atoms with Crippen LogP contribution in [0.4, 0.5) is 0 Å². The molecule has 0 amide bonds. The number of hydrogen-bond acceptors (Lipinski definition) is 4. The van der Waals surface area contributed by atoms with E-state index in [9.17, 15) is 8.42 Å². The Morgan fingerprint density at radius 1 is 1.43 bits per heavy atom. The van der Waals surface area contributed by atoms with Crippen LogP contribution in [0.15, 0.2) is 23.1 Å². The first-order chi connectivity index (χ1) is 9.71. The summed E-state index contributed by atoms with van der Waals surface area (Å²) in [6.45, 7) is 5.59. The van der Waals surface area contributed by atoms with Gasteiger partial charge in [0.05, 0.1) is 4.90 Å². The number of aliphatic hydroxyl groups excluding tert-OH is 1. The molecule has 7 heteroatoms. The van der Waals surface area contributed by atoms with Gasteiger partial charge in [-0.2, -0.15) is 4.31 Å². The van der Waals surface area contributed by atoms with Crippen molar-refractivity contribution in [2.45, 2.75) is 38.1 Å². The molecule has 0 heterocycles. The lowest BCUT2D eigenvalue weighted by Crippen LogP contribution is -2.38. The van der Waals surface area contributed by atoms with E-state index in [1.54, 1.807) is 19.1 Å². The molecule has 0 aromatic heterocycles. The molecule has 5 nitrogen and oxygen atoms in total. The van der Waals surface area contributed by atoms with E-state index in [4.69, 9.17) is 23.1 Å². The molecule has 0 saturated heterocycles. The average molecular weight is 330 g/mol. The highest BCUT2D eigenvalue weighted by molar-refractivity contribution is 7.89. The second-order valence-corrected chi connectivity index (χ2v) is 7.43. The summed E-state index contributed by atoms with van der Waals surface area (Å²) in [5, 5.41) is 8.94. The SMILES string of the molecule is Cc1cc(C(N)=S)ccc1S(=O)(=O)N(CCCO)C(C)C. The Labute approximate surface area is 131 Å². The summed E-state index contributed by atoms with van der Waals surface area (Å²) in [4.78, 5) is 0.484. The van der Waals surface area contributed by atoms with Gasteiger partial charge in [0.15, 0.2) is 0 Å². The molecule has 0 radical (unpaired) electrons. The highest BCUT2D eigenvalue weighted by Gasteiger charge is 2.28. The van der Waals surface area contributed by atoms with Gasteiger partial charge in [-0.1, -0.05) is 18.3 Å². The minimum absolute atomic E-state index is 0.0435. The molecule has 0 aliphatic heterocycles. The lowest BCUT2D eigenvalue weighted by atomic mass is 10.1. The van der Waals surface area contributed by atoms with Gasteiger partial charge in [0.2, 0.25) is 10.0 Å². The van der Waals surface area contributed by atoms with Gasteiger partial charge in [-0.3, -0.25) is 0 Å². The Morgan fingerprint density at radius 3 is 2.48 bits per heavy atom. The Balaban J connectivity index is 3.25. The zero-order valence-electron chi connectivity index (χ0n) is 12.5. The van der Waals surface area contributed by atoms with Gasteiger partial charge in [0.25, 0.3) is 0 Å². The van der Waals surface area contributed by atoms with Crippen molar-refractivity contribution in [3.05, 3.63) is 29.3 Å². The molecular formula is C14H22N2O3S2. The third kappa shape index (κ3) is 4.23. The van der Waals surface area contributed by atoms with Gasteiger partial charge in [0, 0.05) is 24.8 Å². The number of thiocarbonyl (C=S) groups is 1. The van der Waals surface area contributed by atoms with Crippen LogP contribution in [0.2, 0.25) is 0 Å². The lowest BCUT2D eigenvalue weighted by Gasteiger charge is -2.26. The highest BCUT2D eigenvalue weighted by Crippen LogP contribution is 2.23. The smallest absolute Gasteiger partial charge is 0.243 e. The van der Waals surface area contributed by atoms with Crippen molar-refractivity contribution < 1.29 is 13.5 Å². The Morgan fingerprint density at radius 2 is 2.05 bits per heavy atom. The minimum Gasteiger partial charge on any atom is -0.396 e. The van der Waals surface area contributed by atoms with Crippen LogP contribution < -0.4 is 5.73 Å². The van der Waals surface area contributed by atoms with Crippen LogP contribution in [0, 0.1) is 6.92 Å². The van der Waals surface area contributed by atoms with Crippen LogP contribution >= 0.6 is 12.2 Å². The Hall–Kier alpha value is -1.02. The fourth-order valence-electron chi connectivity index (χ4n) is 2.10. The van der Waals surface area contributed by atoms with Crippen LogP contribution in [0.1, 0.15) is 31.4 Å². The maximum absolute atomic E-state index is 12.8. The molecule has 21 heavy (non-hydrogen) atoms. The third-order valence-electron chi connectivity index (χ3n) is 3.16. The normalized spacial score (nSPS) is 12.1. The zero-order valence-corrected chi connectivity index (χ0v) is 14.2. The second kappa shape index (κ2) is 7.31. The monoisotopic (exact) mass is 330 g/mol. The van der Waals surface area contributed by atoms with E-state index in [1.807, 2.05) is 13.8 Å². The number of rotatable bonds is 7. The van der Waals surface area contributed by atoms with E-state index in [0.717, 1.165) is 0 Å². The molecule has 1 rings (SSSR count). The highest BCUT2D eigenvalue weighted by atomic mass is 32.2. The summed E-state index contributed by atoms with van der Waals surface area (Å²) in [5.74, 6) is 0. The summed E-state index contributed by atoms with van der Waals surface area (Å²) in [6, 6.07) is 4.65. The topological polar surface area (TPSA) is 83.6 Å². The average Bonchev–Trinajstić information content (AvgIpc) is 2.37. The van der Waals surface area contributed by atoms with Crippen molar-refractivity contribution in [1.29, 1.82) is 0 Å². The maximum Gasteiger partial charge on any atom is 0.243 e. The Kier molecular flexibility index (Phi) is 6.27. The lowest BCUT2D eigenvalue weighted by molar-refractivity contribution is 0.258. The number of benzene rings is 1.